The Bertz CT molecular complexity index is 729. The van der Waals surface area contributed by atoms with Crippen molar-refractivity contribution in [3.05, 3.63) is 51.7 Å². The molecule has 0 radical (unpaired) electrons. The van der Waals surface area contributed by atoms with Gasteiger partial charge in [-0.25, -0.2) is 9.97 Å². The first kappa shape index (κ1) is 10.2. The third-order valence-corrected chi connectivity index (χ3v) is 2.98. The second-order valence-electron chi connectivity index (χ2n) is 3.49. The van der Waals surface area contributed by atoms with Crippen LogP contribution in [0, 0.1) is 0 Å². The summed E-state index contributed by atoms with van der Waals surface area (Å²) < 4.78 is 2.70. The lowest BCUT2D eigenvalue weighted by Crippen LogP contribution is -2.09. The van der Waals surface area contributed by atoms with Crippen molar-refractivity contribution in [2.45, 2.75) is 0 Å². The Balaban J connectivity index is 2.31. The van der Waals surface area contributed by atoms with Crippen LogP contribution in [0.2, 0.25) is 0 Å². The van der Waals surface area contributed by atoms with Gasteiger partial charge in [-0.3, -0.25) is 9.36 Å². The van der Waals surface area contributed by atoms with Crippen LogP contribution in [0.5, 0.6) is 0 Å². The van der Waals surface area contributed by atoms with E-state index < -0.39 is 0 Å². The van der Waals surface area contributed by atoms with Crippen molar-refractivity contribution in [2.24, 2.45) is 0 Å². The Kier molecular flexibility index (Phi) is 2.29. The molecule has 1 aromatic carbocycles. The zero-order valence-electron chi connectivity index (χ0n) is 8.59. The first-order valence-electron chi connectivity index (χ1n) is 4.92. The van der Waals surface area contributed by atoms with Gasteiger partial charge in [0.15, 0.2) is 11.2 Å². The third kappa shape index (κ3) is 1.66. The van der Waals surface area contributed by atoms with Crippen LogP contribution in [0.25, 0.3) is 16.9 Å². The molecule has 0 aliphatic carbocycles. The van der Waals surface area contributed by atoms with Gasteiger partial charge < -0.3 is 4.98 Å². The monoisotopic (exact) mass is 290 g/mol. The molecule has 0 aliphatic rings. The number of aromatic amines is 1. The molecule has 2 heterocycles. The summed E-state index contributed by atoms with van der Waals surface area (Å²) in [6.45, 7) is 0. The maximum atomic E-state index is 11.7. The van der Waals surface area contributed by atoms with E-state index in [1.54, 1.807) is 10.9 Å². The molecule has 3 rings (SSSR count). The maximum absolute atomic E-state index is 11.7. The van der Waals surface area contributed by atoms with Gasteiger partial charge >= 0.3 is 0 Å². The van der Waals surface area contributed by atoms with Gasteiger partial charge in [-0.1, -0.05) is 15.9 Å². The van der Waals surface area contributed by atoms with E-state index in [0.717, 1.165) is 10.2 Å². The highest BCUT2D eigenvalue weighted by Crippen LogP contribution is 2.16. The smallest absolute Gasteiger partial charge is 0.277 e. The summed E-state index contributed by atoms with van der Waals surface area (Å²) in [7, 11) is 0. The molecule has 0 atom stereocenters. The van der Waals surface area contributed by atoms with E-state index in [4.69, 9.17) is 0 Å². The highest BCUT2D eigenvalue weighted by molar-refractivity contribution is 9.10. The van der Waals surface area contributed by atoms with Gasteiger partial charge in [-0.2, -0.15) is 0 Å². The SMILES string of the molecule is O=c1[nH]cnc2ncn(-c3ccc(Br)cc3)c12. The number of H-pyrrole nitrogens is 1. The van der Waals surface area contributed by atoms with Gasteiger partial charge in [-0.05, 0) is 24.3 Å². The highest BCUT2D eigenvalue weighted by atomic mass is 79.9. The van der Waals surface area contributed by atoms with E-state index in [0.29, 0.717) is 11.2 Å². The van der Waals surface area contributed by atoms with Gasteiger partial charge in [0.05, 0.1) is 6.33 Å². The van der Waals surface area contributed by atoms with Crippen molar-refractivity contribution in [3.63, 3.8) is 0 Å². The van der Waals surface area contributed by atoms with Gasteiger partial charge in [-0.15, -0.1) is 0 Å². The second-order valence-corrected chi connectivity index (χ2v) is 4.41. The van der Waals surface area contributed by atoms with E-state index in [2.05, 4.69) is 30.9 Å². The van der Waals surface area contributed by atoms with Crippen LogP contribution in [0.4, 0.5) is 0 Å². The summed E-state index contributed by atoms with van der Waals surface area (Å²) in [5.74, 6) is 0. The number of rotatable bonds is 1. The molecule has 0 amide bonds. The Labute approximate surface area is 104 Å². The van der Waals surface area contributed by atoms with Crippen molar-refractivity contribution < 1.29 is 0 Å². The lowest BCUT2D eigenvalue weighted by atomic mass is 10.3. The quantitative estimate of drug-likeness (QED) is 0.744. The van der Waals surface area contributed by atoms with Gasteiger partial charge in [0.25, 0.3) is 5.56 Å². The van der Waals surface area contributed by atoms with E-state index in [1.807, 2.05) is 24.3 Å². The van der Waals surface area contributed by atoms with Crippen molar-refractivity contribution in [2.75, 3.05) is 0 Å². The molecule has 0 aliphatic heterocycles. The molecule has 0 saturated heterocycles. The number of halogens is 1. The van der Waals surface area contributed by atoms with E-state index in [1.165, 1.54) is 6.33 Å². The molecule has 0 fully saturated rings. The molecular formula is C11H7BrN4O. The summed E-state index contributed by atoms with van der Waals surface area (Å²) in [5, 5.41) is 0. The fraction of sp³-hybridized carbons (Fsp3) is 0. The molecule has 5 nitrogen and oxygen atoms in total. The average molecular weight is 291 g/mol. The summed E-state index contributed by atoms with van der Waals surface area (Å²) in [6, 6.07) is 7.62. The zero-order chi connectivity index (χ0) is 11.8. The highest BCUT2D eigenvalue weighted by Gasteiger charge is 2.08. The van der Waals surface area contributed by atoms with Crippen LogP contribution in [-0.2, 0) is 0 Å². The predicted molar refractivity (Wildman–Crippen MR) is 67.2 cm³/mol. The molecule has 2 aromatic heterocycles. The standard InChI is InChI=1S/C11H7BrN4O/c12-7-1-3-8(4-2-7)16-6-15-10-9(16)11(17)14-5-13-10/h1-6H,(H,13,14,17). The molecule has 0 spiro atoms. The van der Waals surface area contributed by atoms with Crippen molar-refractivity contribution >= 4 is 27.1 Å². The van der Waals surface area contributed by atoms with Crippen LogP contribution < -0.4 is 5.56 Å². The third-order valence-electron chi connectivity index (χ3n) is 2.45. The van der Waals surface area contributed by atoms with E-state index in [9.17, 15) is 4.79 Å². The summed E-state index contributed by atoms with van der Waals surface area (Å²) in [6.07, 6.45) is 2.94. The number of benzene rings is 1. The minimum Gasteiger partial charge on any atom is -0.311 e. The minimum absolute atomic E-state index is 0.199. The predicted octanol–water partition coefficient (Wildman–Crippen LogP) is 1.87. The molecule has 1 N–H and O–H groups in total. The van der Waals surface area contributed by atoms with Crippen molar-refractivity contribution in [1.82, 2.24) is 19.5 Å². The largest absolute Gasteiger partial charge is 0.311 e. The number of aromatic nitrogens is 4. The topological polar surface area (TPSA) is 63.6 Å². The number of hydrogen-bond donors (Lipinski definition) is 1. The van der Waals surface area contributed by atoms with Crippen LogP contribution >= 0.6 is 15.9 Å². The first-order chi connectivity index (χ1) is 8.25. The second kappa shape index (κ2) is 3.81. The summed E-state index contributed by atoms with van der Waals surface area (Å²) in [4.78, 5) is 22.4. The fourth-order valence-electron chi connectivity index (χ4n) is 1.66. The number of nitrogens with zero attached hydrogens (tertiary/aromatic N) is 3. The van der Waals surface area contributed by atoms with Crippen LogP contribution in [0.15, 0.2) is 46.2 Å². The maximum Gasteiger partial charge on any atom is 0.277 e. The van der Waals surface area contributed by atoms with Gasteiger partial charge in [0.2, 0.25) is 0 Å². The number of nitrogens with one attached hydrogen (secondary N) is 1. The zero-order valence-corrected chi connectivity index (χ0v) is 10.2. The molecule has 84 valence electrons. The fourth-order valence-corrected chi connectivity index (χ4v) is 1.93. The molecule has 6 heteroatoms. The van der Waals surface area contributed by atoms with E-state index in [-0.39, 0.29) is 5.56 Å². The first-order valence-corrected chi connectivity index (χ1v) is 5.72. The molecular weight excluding hydrogens is 284 g/mol. The van der Waals surface area contributed by atoms with Crippen molar-refractivity contribution in [1.29, 1.82) is 0 Å². The van der Waals surface area contributed by atoms with Crippen molar-refractivity contribution in [3.8, 4) is 5.69 Å². The number of fused-ring (bicyclic) bond motifs is 1. The minimum atomic E-state index is -0.199. The lowest BCUT2D eigenvalue weighted by Gasteiger charge is -2.02. The molecule has 17 heavy (non-hydrogen) atoms. The lowest BCUT2D eigenvalue weighted by molar-refractivity contribution is 1.07. The van der Waals surface area contributed by atoms with Crippen LogP contribution in [0.1, 0.15) is 0 Å². The van der Waals surface area contributed by atoms with Gasteiger partial charge in [0, 0.05) is 10.2 Å². The average Bonchev–Trinajstić information content (AvgIpc) is 2.75. The summed E-state index contributed by atoms with van der Waals surface area (Å²) in [5.41, 5.74) is 1.57. The molecule has 0 bridgehead atoms. The van der Waals surface area contributed by atoms with Gasteiger partial charge in [0.1, 0.15) is 6.33 Å². The number of hydrogen-bond acceptors (Lipinski definition) is 3. The van der Waals surface area contributed by atoms with Crippen LogP contribution in [-0.4, -0.2) is 19.5 Å². The Morgan fingerprint density at radius 1 is 1.18 bits per heavy atom. The molecule has 3 aromatic rings. The Hall–Kier alpha value is -1.95. The van der Waals surface area contributed by atoms with E-state index >= 15 is 0 Å². The molecule has 0 saturated carbocycles. The summed E-state index contributed by atoms with van der Waals surface area (Å²) >= 11 is 3.37. The molecule has 0 unspecified atom stereocenters. The van der Waals surface area contributed by atoms with Crippen LogP contribution in [0.3, 0.4) is 0 Å². The number of imidazole rings is 1. The normalized spacial score (nSPS) is 10.9. The Morgan fingerprint density at radius 3 is 2.71 bits per heavy atom. The Morgan fingerprint density at radius 2 is 1.94 bits per heavy atom.